The first kappa shape index (κ1) is 18.7. The number of para-hydroxylation sites is 1. The second-order valence-corrected chi connectivity index (χ2v) is 7.31. The smallest absolute Gasteiger partial charge is 0.134 e. The quantitative estimate of drug-likeness (QED) is 0.466. The average molecular weight is 410 g/mol. The summed E-state index contributed by atoms with van der Waals surface area (Å²) in [5.41, 5.74) is 1.54. The van der Waals surface area contributed by atoms with Crippen LogP contribution in [0.1, 0.15) is 11.1 Å². The number of hydrogen-bond donors (Lipinski definition) is 1. The highest BCUT2D eigenvalue weighted by Crippen LogP contribution is 2.37. The third kappa shape index (κ3) is 3.42. The van der Waals surface area contributed by atoms with Crippen molar-refractivity contribution in [3.05, 3.63) is 101 Å². The Labute approximate surface area is 172 Å². The molecule has 4 rings (SSSR count). The van der Waals surface area contributed by atoms with Gasteiger partial charge in [-0.15, -0.1) is 16.7 Å². The Morgan fingerprint density at radius 2 is 1.54 bits per heavy atom. The molecule has 0 radical (unpaired) electrons. The Morgan fingerprint density at radius 1 is 0.893 bits per heavy atom. The molecule has 0 bridgehead atoms. The van der Waals surface area contributed by atoms with Crippen LogP contribution in [0.4, 0.5) is 0 Å². The van der Waals surface area contributed by atoms with Crippen molar-refractivity contribution in [3.8, 4) is 0 Å². The molecular weight excluding hydrogens is 393 g/mol. The van der Waals surface area contributed by atoms with Crippen LogP contribution in [0.15, 0.2) is 84.9 Å². The summed E-state index contributed by atoms with van der Waals surface area (Å²) in [4.78, 5) is 0. The van der Waals surface area contributed by atoms with Gasteiger partial charge >= 0.3 is 0 Å². The second kappa shape index (κ2) is 7.76. The van der Waals surface area contributed by atoms with Crippen molar-refractivity contribution < 1.29 is 5.11 Å². The summed E-state index contributed by atoms with van der Waals surface area (Å²) in [5, 5.41) is 19.8. The van der Waals surface area contributed by atoms with E-state index < -0.39 is 11.0 Å². The molecule has 3 aromatic carbocycles. The van der Waals surface area contributed by atoms with E-state index in [2.05, 4.69) is 10.3 Å². The Bertz CT molecular complexity index is 1110. The summed E-state index contributed by atoms with van der Waals surface area (Å²) in [6.45, 7) is 0. The first-order chi connectivity index (χ1) is 13.6. The van der Waals surface area contributed by atoms with Crippen LogP contribution in [0.25, 0.3) is 17.2 Å². The van der Waals surface area contributed by atoms with E-state index in [0.717, 1.165) is 11.0 Å². The normalized spacial score (nSPS) is 15.0. The zero-order valence-electron chi connectivity index (χ0n) is 14.8. The van der Waals surface area contributed by atoms with Crippen LogP contribution in [0.5, 0.6) is 0 Å². The third-order valence-electron chi connectivity index (χ3n) is 4.67. The van der Waals surface area contributed by atoms with Crippen LogP contribution in [0.3, 0.4) is 0 Å². The lowest BCUT2D eigenvalue weighted by Crippen LogP contribution is -2.36. The molecule has 4 aromatic rings. The third-order valence-corrected chi connectivity index (χ3v) is 5.38. The number of aromatic nitrogens is 3. The van der Waals surface area contributed by atoms with Crippen LogP contribution in [-0.2, 0) is 5.60 Å². The minimum absolute atomic E-state index is 0.593. The maximum absolute atomic E-state index is 11.7. The lowest BCUT2D eigenvalue weighted by atomic mass is 9.83. The van der Waals surface area contributed by atoms with Crippen LogP contribution >= 0.6 is 23.2 Å². The van der Waals surface area contributed by atoms with Crippen molar-refractivity contribution in [2.24, 2.45) is 0 Å². The Morgan fingerprint density at radius 3 is 2.29 bits per heavy atom. The van der Waals surface area contributed by atoms with E-state index in [-0.39, 0.29) is 0 Å². The SMILES string of the molecule is OC(c1ccccc1)(c1ccc(Cl)cc1)C(Cl)/C=C\n1nnc2ccccc21. The molecule has 0 amide bonds. The zero-order chi connectivity index (χ0) is 19.6. The van der Waals surface area contributed by atoms with Crippen molar-refractivity contribution in [2.45, 2.75) is 11.0 Å². The molecule has 28 heavy (non-hydrogen) atoms. The molecule has 2 unspecified atom stereocenters. The first-order valence-electron chi connectivity index (χ1n) is 8.75. The summed E-state index contributed by atoms with van der Waals surface area (Å²) >= 11 is 12.8. The standard InChI is InChI=1S/C22H17Cl2N3O/c23-18-12-10-17(11-13-18)22(28,16-6-2-1-3-7-16)21(24)14-15-27-20-9-5-4-8-19(20)25-26-27/h1-15,21,28H/b15-14-. The zero-order valence-corrected chi connectivity index (χ0v) is 16.3. The van der Waals surface area contributed by atoms with Gasteiger partial charge in [0.1, 0.15) is 11.1 Å². The molecule has 1 aromatic heterocycles. The number of fused-ring (bicyclic) bond motifs is 1. The number of halogens is 2. The van der Waals surface area contributed by atoms with E-state index in [9.17, 15) is 5.11 Å². The summed E-state index contributed by atoms with van der Waals surface area (Å²) in [6, 6.07) is 24.0. The van der Waals surface area contributed by atoms with Gasteiger partial charge in [-0.3, -0.25) is 0 Å². The van der Waals surface area contributed by atoms with Crippen molar-refractivity contribution in [3.63, 3.8) is 0 Å². The Balaban J connectivity index is 1.75. The van der Waals surface area contributed by atoms with Gasteiger partial charge < -0.3 is 5.11 Å². The summed E-state index contributed by atoms with van der Waals surface area (Å²) < 4.78 is 1.64. The van der Waals surface area contributed by atoms with Gasteiger partial charge in [-0.1, -0.05) is 71.4 Å². The Hall–Kier alpha value is -2.66. The molecule has 0 aliphatic heterocycles. The van der Waals surface area contributed by atoms with Crippen molar-refractivity contribution in [1.29, 1.82) is 0 Å². The fraction of sp³-hybridized carbons (Fsp3) is 0.0909. The van der Waals surface area contributed by atoms with Crippen LogP contribution in [-0.4, -0.2) is 25.5 Å². The largest absolute Gasteiger partial charge is 0.378 e. The minimum atomic E-state index is -1.44. The van der Waals surface area contributed by atoms with E-state index in [1.807, 2.05) is 54.6 Å². The van der Waals surface area contributed by atoms with E-state index >= 15 is 0 Å². The van der Waals surface area contributed by atoms with E-state index in [4.69, 9.17) is 23.2 Å². The lowest BCUT2D eigenvalue weighted by Gasteiger charge is -2.32. The number of alkyl halides is 1. The fourth-order valence-electron chi connectivity index (χ4n) is 3.17. The monoisotopic (exact) mass is 409 g/mol. The highest BCUT2D eigenvalue weighted by Gasteiger charge is 2.38. The molecule has 4 nitrogen and oxygen atoms in total. The number of nitrogens with zero attached hydrogens (tertiary/aromatic N) is 3. The molecule has 140 valence electrons. The molecule has 0 aliphatic carbocycles. The van der Waals surface area contributed by atoms with Crippen molar-refractivity contribution >= 4 is 40.4 Å². The number of rotatable bonds is 5. The summed E-state index contributed by atoms with van der Waals surface area (Å²) in [6.07, 6.45) is 3.43. The van der Waals surface area contributed by atoms with Crippen LogP contribution in [0.2, 0.25) is 5.02 Å². The van der Waals surface area contributed by atoms with Crippen LogP contribution in [0, 0.1) is 0 Å². The second-order valence-electron chi connectivity index (χ2n) is 6.41. The van der Waals surface area contributed by atoms with Gasteiger partial charge in [-0.25, -0.2) is 4.68 Å². The maximum atomic E-state index is 11.7. The molecule has 0 aliphatic rings. The van der Waals surface area contributed by atoms with Gasteiger partial charge in [0.25, 0.3) is 0 Å². The van der Waals surface area contributed by atoms with Crippen LogP contribution < -0.4 is 0 Å². The van der Waals surface area contributed by atoms with Crippen molar-refractivity contribution in [2.75, 3.05) is 0 Å². The van der Waals surface area contributed by atoms with E-state index in [0.29, 0.717) is 16.1 Å². The van der Waals surface area contributed by atoms with Crippen molar-refractivity contribution in [1.82, 2.24) is 15.0 Å². The van der Waals surface area contributed by atoms with E-state index in [1.54, 1.807) is 41.2 Å². The highest BCUT2D eigenvalue weighted by atomic mass is 35.5. The molecule has 1 N–H and O–H groups in total. The predicted molar refractivity (Wildman–Crippen MR) is 113 cm³/mol. The predicted octanol–water partition coefficient (Wildman–Crippen LogP) is 5.10. The maximum Gasteiger partial charge on any atom is 0.134 e. The number of hydrogen-bond acceptors (Lipinski definition) is 3. The van der Waals surface area contributed by atoms with Gasteiger partial charge in [0.15, 0.2) is 0 Å². The molecule has 0 spiro atoms. The first-order valence-corrected chi connectivity index (χ1v) is 9.57. The number of aliphatic hydroxyl groups is 1. The molecule has 0 saturated carbocycles. The highest BCUT2D eigenvalue weighted by molar-refractivity contribution is 6.30. The molecule has 6 heteroatoms. The summed E-state index contributed by atoms with van der Waals surface area (Å²) in [5.74, 6) is 0. The average Bonchev–Trinajstić information content (AvgIpc) is 3.15. The molecule has 0 saturated heterocycles. The molecule has 2 atom stereocenters. The van der Waals surface area contributed by atoms with Gasteiger partial charge in [0.2, 0.25) is 0 Å². The number of benzene rings is 3. The lowest BCUT2D eigenvalue weighted by molar-refractivity contribution is 0.0878. The Kier molecular flexibility index (Phi) is 5.18. The van der Waals surface area contributed by atoms with Gasteiger partial charge in [0.05, 0.1) is 10.9 Å². The van der Waals surface area contributed by atoms with Gasteiger partial charge in [-0.05, 0) is 41.5 Å². The van der Waals surface area contributed by atoms with E-state index in [1.165, 1.54) is 0 Å². The van der Waals surface area contributed by atoms with Gasteiger partial charge in [0, 0.05) is 11.2 Å². The molecular formula is C22H17Cl2N3O. The molecule has 1 heterocycles. The minimum Gasteiger partial charge on any atom is -0.378 e. The fourth-order valence-corrected chi connectivity index (χ4v) is 3.62. The summed E-state index contributed by atoms with van der Waals surface area (Å²) in [7, 11) is 0. The topological polar surface area (TPSA) is 50.9 Å². The van der Waals surface area contributed by atoms with Gasteiger partial charge in [-0.2, -0.15) is 0 Å². The molecule has 0 fully saturated rings.